The Morgan fingerprint density at radius 2 is 0.887 bits per heavy atom. The molecular formula is C44H49N7O2. The molecule has 0 unspecified atom stereocenters. The van der Waals surface area contributed by atoms with E-state index in [2.05, 4.69) is 29.7 Å². The van der Waals surface area contributed by atoms with Crippen molar-refractivity contribution in [3.63, 3.8) is 0 Å². The van der Waals surface area contributed by atoms with Gasteiger partial charge >= 0.3 is 5.91 Å². The fourth-order valence-corrected chi connectivity index (χ4v) is 7.28. The number of carbonyl (C=O) groups is 2. The van der Waals surface area contributed by atoms with Gasteiger partial charge in [-0.05, 0) is 32.1 Å². The molecule has 6 aromatic rings. The lowest BCUT2D eigenvalue weighted by Crippen LogP contribution is -2.45. The van der Waals surface area contributed by atoms with Crippen molar-refractivity contribution in [2.24, 2.45) is 14.1 Å². The summed E-state index contributed by atoms with van der Waals surface area (Å²) >= 11 is 0. The van der Waals surface area contributed by atoms with Gasteiger partial charge in [0.2, 0.25) is 5.82 Å². The van der Waals surface area contributed by atoms with Gasteiger partial charge in [-0.2, -0.15) is 0 Å². The van der Waals surface area contributed by atoms with Gasteiger partial charge in [0.15, 0.2) is 5.82 Å². The smallest absolute Gasteiger partial charge is 0.301 e. The molecule has 2 aromatic heterocycles. The standard InChI is InChI=1S/C22H24N4O.C22H23N3O.H2/c1-25-20(18-13-7-3-8-14-18)19(17-11-5-2-6-12-17)23-21(25)22(27)24-26-15-9-4-10-16-26;1-24-20(18-13-7-3-8-14-18)19(17-11-5-2-6-12-17)23-21(24)22(26)25-15-9-4-10-16-25;/h2-3,5-8,11-14H,4,9-10,15-16H2,1H3,(H,24,27);2-3,5-8,11-14H,4,9-10,15-16H2,1H3;1H. The maximum atomic E-state index is 13.1. The lowest BCUT2D eigenvalue weighted by atomic mass is 10.1. The summed E-state index contributed by atoms with van der Waals surface area (Å²) in [7, 11) is 3.85. The molecule has 0 atom stereocenters. The minimum absolute atomic E-state index is 0. The van der Waals surface area contributed by atoms with E-state index < -0.39 is 0 Å². The molecule has 2 amide bonds. The van der Waals surface area contributed by atoms with Crippen LogP contribution >= 0.6 is 0 Å². The van der Waals surface area contributed by atoms with Gasteiger partial charge in [-0.3, -0.25) is 15.0 Å². The molecule has 2 fully saturated rings. The monoisotopic (exact) mass is 707 g/mol. The van der Waals surface area contributed by atoms with Crippen molar-refractivity contribution in [3.8, 4) is 45.0 Å². The average molecular weight is 708 g/mol. The van der Waals surface area contributed by atoms with Gasteiger partial charge in [-0.1, -0.05) is 128 Å². The number of imidazole rings is 2. The van der Waals surface area contributed by atoms with Crippen LogP contribution in [0.15, 0.2) is 121 Å². The Labute approximate surface area is 313 Å². The van der Waals surface area contributed by atoms with E-state index in [4.69, 9.17) is 9.97 Å². The molecule has 4 aromatic carbocycles. The number of piperidine rings is 2. The zero-order valence-corrected chi connectivity index (χ0v) is 30.6. The van der Waals surface area contributed by atoms with E-state index in [1.54, 1.807) is 0 Å². The number of benzene rings is 4. The number of rotatable bonds is 7. The first kappa shape index (κ1) is 35.6. The predicted molar refractivity (Wildman–Crippen MR) is 213 cm³/mol. The van der Waals surface area contributed by atoms with Crippen molar-refractivity contribution < 1.29 is 11.0 Å². The lowest BCUT2D eigenvalue weighted by molar-refractivity contribution is 0.0706. The number of carbonyl (C=O) groups excluding carboxylic acids is 2. The first-order chi connectivity index (χ1) is 26.0. The fourth-order valence-electron chi connectivity index (χ4n) is 7.28. The van der Waals surface area contributed by atoms with Crippen molar-refractivity contribution in [1.82, 2.24) is 34.4 Å². The van der Waals surface area contributed by atoms with Crippen molar-refractivity contribution >= 4 is 11.8 Å². The van der Waals surface area contributed by atoms with Crippen LogP contribution < -0.4 is 5.43 Å². The third-order valence-corrected chi connectivity index (χ3v) is 10.0. The van der Waals surface area contributed by atoms with E-state index in [1.807, 2.05) is 130 Å². The van der Waals surface area contributed by atoms with Crippen molar-refractivity contribution in [3.05, 3.63) is 133 Å². The normalized spacial score (nSPS) is 14.6. The zero-order chi connectivity index (χ0) is 36.6. The maximum Gasteiger partial charge on any atom is 0.301 e. The largest absolute Gasteiger partial charge is 0.336 e. The summed E-state index contributed by atoms with van der Waals surface area (Å²) in [5.74, 6) is 0.827. The second kappa shape index (κ2) is 16.7. The van der Waals surface area contributed by atoms with Gasteiger partial charge in [-0.15, -0.1) is 0 Å². The van der Waals surface area contributed by atoms with E-state index in [-0.39, 0.29) is 13.2 Å². The Bertz CT molecular complexity index is 2120. The number of hydrogen-bond donors (Lipinski definition) is 1. The Balaban J connectivity index is 0.000000181. The van der Waals surface area contributed by atoms with Crippen LogP contribution in [0.2, 0.25) is 0 Å². The summed E-state index contributed by atoms with van der Waals surface area (Å²) in [5.41, 5.74) is 10.8. The fraction of sp³-hybridized carbons (Fsp3) is 0.273. The molecule has 9 heteroatoms. The minimum atomic E-state index is -0.154. The first-order valence-electron chi connectivity index (χ1n) is 18.7. The average Bonchev–Trinajstić information content (AvgIpc) is 3.76. The maximum absolute atomic E-state index is 13.1. The van der Waals surface area contributed by atoms with Crippen LogP contribution in [0.3, 0.4) is 0 Å². The van der Waals surface area contributed by atoms with Crippen LogP contribution in [0, 0.1) is 0 Å². The van der Waals surface area contributed by atoms with E-state index >= 15 is 0 Å². The van der Waals surface area contributed by atoms with Gasteiger partial charge in [0, 0.05) is 64.0 Å². The number of amides is 2. The highest BCUT2D eigenvalue weighted by Gasteiger charge is 2.27. The molecule has 2 aliphatic rings. The van der Waals surface area contributed by atoms with Crippen LogP contribution in [0.5, 0.6) is 0 Å². The molecule has 8 rings (SSSR count). The van der Waals surface area contributed by atoms with Crippen molar-refractivity contribution in [2.45, 2.75) is 38.5 Å². The molecule has 0 aliphatic carbocycles. The highest BCUT2D eigenvalue weighted by Crippen LogP contribution is 2.34. The van der Waals surface area contributed by atoms with Crippen LogP contribution in [0.1, 0.15) is 61.2 Å². The van der Waals surface area contributed by atoms with Gasteiger partial charge < -0.3 is 14.0 Å². The Hall–Kier alpha value is -5.80. The molecule has 2 saturated heterocycles. The van der Waals surface area contributed by atoms with Gasteiger partial charge in [0.25, 0.3) is 5.91 Å². The molecular weight excluding hydrogens is 659 g/mol. The molecule has 2 aliphatic heterocycles. The highest BCUT2D eigenvalue weighted by molar-refractivity contribution is 5.95. The highest BCUT2D eigenvalue weighted by atomic mass is 16.2. The first-order valence-corrected chi connectivity index (χ1v) is 18.7. The van der Waals surface area contributed by atoms with Crippen LogP contribution in [0.4, 0.5) is 0 Å². The van der Waals surface area contributed by atoms with Crippen molar-refractivity contribution in [1.29, 1.82) is 0 Å². The van der Waals surface area contributed by atoms with Gasteiger partial charge in [-0.25, -0.2) is 15.0 Å². The number of hydrazine groups is 1. The molecule has 4 heterocycles. The molecule has 53 heavy (non-hydrogen) atoms. The summed E-state index contributed by atoms with van der Waals surface area (Å²) in [6, 6.07) is 40.4. The second-order valence-corrected chi connectivity index (χ2v) is 13.7. The minimum Gasteiger partial charge on any atom is -0.336 e. The zero-order valence-electron chi connectivity index (χ0n) is 30.6. The summed E-state index contributed by atoms with van der Waals surface area (Å²) in [6.45, 7) is 3.45. The Morgan fingerprint density at radius 1 is 0.509 bits per heavy atom. The van der Waals surface area contributed by atoms with Gasteiger partial charge in [0.05, 0.1) is 22.8 Å². The lowest BCUT2D eigenvalue weighted by Gasteiger charge is -2.26. The molecule has 0 bridgehead atoms. The SMILES string of the molecule is Cn1c(C(=O)N2CCCCC2)nc(-c2ccccc2)c1-c1ccccc1.Cn1c(C(=O)NN2CCCCC2)nc(-c2ccccc2)c1-c1ccccc1.[HH]. The molecule has 272 valence electrons. The van der Waals surface area contributed by atoms with Gasteiger partial charge in [0.1, 0.15) is 0 Å². The number of likely N-dealkylation sites (tertiary alicyclic amines) is 1. The second-order valence-electron chi connectivity index (χ2n) is 13.7. The number of aromatic nitrogens is 4. The Kier molecular flexibility index (Phi) is 11.2. The number of hydrogen-bond acceptors (Lipinski definition) is 5. The van der Waals surface area contributed by atoms with E-state index in [1.165, 1.54) is 12.8 Å². The summed E-state index contributed by atoms with van der Waals surface area (Å²) in [5, 5.41) is 2.00. The van der Waals surface area contributed by atoms with Crippen molar-refractivity contribution in [2.75, 3.05) is 26.2 Å². The molecule has 0 spiro atoms. The topological polar surface area (TPSA) is 88.3 Å². The molecule has 1 N–H and O–H groups in total. The molecule has 0 saturated carbocycles. The predicted octanol–water partition coefficient (Wildman–Crippen LogP) is 8.51. The van der Waals surface area contributed by atoms with Crippen LogP contribution in [0.25, 0.3) is 45.0 Å². The van der Waals surface area contributed by atoms with E-state index in [9.17, 15) is 9.59 Å². The summed E-state index contributed by atoms with van der Waals surface area (Å²) in [4.78, 5) is 37.5. The van der Waals surface area contributed by atoms with Crippen LogP contribution in [-0.2, 0) is 14.1 Å². The molecule has 9 nitrogen and oxygen atoms in total. The van der Waals surface area contributed by atoms with E-state index in [0.717, 1.165) is 96.9 Å². The Morgan fingerprint density at radius 3 is 1.34 bits per heavy atom. The van der Waals surface area contributed by atoms with E-state index in [0.29, 0.717) is 11.6 Å². The third kappa shape index (κ3) is 8.00. The summed E-state index contributed by atoms with van der Waals surface area (Å²) in [6.07, 6.45) is 6.82. The quantitative estimate of drug-likeness (QED) is 0.180. The molecule has 0 radical (unpaired) electrons. The number of nitrogens with one attached hydrogen (secondary N) is 1. The van der Waals surface area contributed by atoms with Crippen LogP contribution in [-0.4, -0.2) is 67.0 Å². The summed E-state index contributed by atoms with van der Waals surface area (Å²) < 4.78 is 3.85. The third-order valence-electron chi connectivity index (χ3n) is 10.0. The number of nitrogens with zero attached hydrogens (tertiary/aromatic N) is 6.